The molecule has 1 heterocycles. The number of carbonyl (C=O) groups excluding carboxylic acids is 2. The first-order chi connectivity index (χ1) is 8.32. The maximum absolute atomic E-state index is 11.3. The first kappa shape index (κ1) is 15.5. The third-order valence-electron chi connectivity index (χ3n) is 1.66. The number of aromatic nitrogens is 1. The van der Waals surface area contributed by atoms with E-state index in [1.165, 1.54) is 0 Å². The Morgan fingerprint density at radius 2 is 2.17 bits per heavy atom. The van der Waals surface area contributed by atoms with Crippen LogP contribution in [0.3, 0.4) is 0 Å². The number of nitrogens with one attached hydrogen (secondary N) is 1. The molecule has 5 nitrogen and oxygen atoms in total. The first-order valence-corrected chi connectivity index (χ1v) is 6.82. The molecule has 1 N–H and O–H groups in total. The molecule has 0 aliphatic carbocycles. The molecule has 1 aromatic rings. The summed E-state index contributed by atoms with van der Waals surface area (Å²) in [6.45, 7) is 2.02. The molecule has 0 atom stereocenters. The monoisotopic (exact) mass is 330 g/mol. The highest BCUT2D eigenvalue weighted by atomic mass is 35.6. The Hall–Kier alpha value is -0.560. The van der Waals surface area contributed by atoms with Crippen LogP contribution in [0.2, 0.25) is 0 Å². The van der Waals surface area contributed by atoms with Gasteiger partial charge in [-0.3, -0.25) is 14.9 Å². The molecule has 0 spiro atoms. The first-order valence-electron chi connectivity index (χ1n) is 4.81. The standard InChI is InChI=1S/C9H9Cl3N2O3S/c1-2-17-6(15)3-5-4-18-8(13-5)14-7(16)9(10,11)12/h4H,2-3H2,1H3,(H,13,14,16). The molecule has 1 rings (SSSR count). The van der Waals surface area contributed by atoms with Crippen LogP contribution in [-0.2, 0) is 20.7 Å². The van der Waals surface area contributed by atoms with Gasteiger partial charge < -0.3 is 4.74 Å². The van der Waals surface area contributed by atoms with Crippen molar-refractivity contribution in [1.29, 1.82) is 0 Å². The lowest BCUT2D eigenvalue weighted by atomic mass is 10.3. The molecular weight excluding hydrogens is 323 g/mol. The Balaban J connectivity index is 2.59. The van der Waals surface area contributed by atoms with Gasteiger partial charge in [-0.2, -0.15) is 0 Å². The van der Waals surface area contributed by atoms with Crippen LogP contribution in [0.1, 0.15) is 12.6 Å². The summed E-state index contributed by atoms with van der Waals surface area (Å²) in [5.41, 5.74) is 0.484. The van der Waals surface area contributed by atoms with Crippen LogP contribution >= 0.6 is 46.1 Å². The van der Waals surface area contributed by atoms with Crippen LogP contribution in [0, 0.1) is 0 Å². The number of carbonyl (C=O) groups is 2. The zero-order valence-electron chi connectivity index (χ0n) is 9.21. The number of hydrogen-bond acceptors (Lipinski definition) is 5. The average molecular weight is 332 g/mol. The van der Waals surface area contributed by atoms with Gasteiger partial charge in [-0.05, 0) is 6.92 Å². The summed E-state index contributed by atoms with van der Waals surface area (Å²) in [5, 5.41) is 4.20. The van der Waals surface area contributed by atoms with E-state index >= 15 is 0 Å². The van der Waals surface area contributed by atoms with Crippen LogP contribution in [0.5, 0.6) is 0 Å². The zero-order valence-corrected chi connectivity index (χ0v) is 12.3. The zero-order chi connectivity index (χ0) is 13.8. The number of rotatable bonds is 4. The molecule has 0 radical (unpaired) electrons. The van der Waals surface area contributed by atoms with Crippen LogP contribution in [-0.4, -0.2) is 27.3 Å². The van der Waals surface area contributed by atoms with Crippen molar-refractivity contribution in [2.75, 3.05) is 11.9 Å². The van der Waals surface area contributed by atoms with E-state index < -0.39 is 9.70 Å². The molecule has 18 heavy (non-hydrogen) atoms. The Morgan fingerprint density at radius 1 is 1.50 bits per heavy atom. The molecule has 0 aliphatic heterocycles. The largest absolute Gasteiger partial charge is 0.466 e. The minimum Gasteiger partial charge on any atom is -0.466 e. The van der Waals surface area contributed by atoms with Gasteiger partial charge in [0.2, 0.25) is 0 Å². The lowest BCUT2D eigenvalue weighted by molar-refractivity contribution is -0.142. The van der Waals surface area contributed by atoms with Gasteiger partial charge in [0.1, 0.15) is 0 Å². The van der Waals surface area contributed by atoms with E-state index in [2.05, 4.69) is 10.3 Å². The fraction of sp³-hybridized carbons (Fsp3) is 0.444. The molecule has 0 bridgehead atoms. The maximum atomic E-state index is 11.3. The molecule has 0 saturated heterocycles. The van der Waals surface area contributed by atoms with Gasteiger partial charge in [0.05, 0.1) is 18.7 Å². The quantitative estimate of drug-likeness (QED) is 0.680. The summed E-state index contributed by atoms with van der Waals surface area (Å²) in [6, 6.07) is 0. The summed E-state index contributed by atoms with van der Waals surface area (Å²) in [6.07, 6.45) is 0.0357. The second kappa shape index (κ2) is 6.56. The van der Waals surface area contributed by atoms with E-state index in [1.54, 1.807) is 12.3 Å². The Morgan fingerprint density at radius 3 is 2.72 bits per heavy atom. The second-order valence-corrected chi connectivity index (χ2v) is 6.22. The van der Waals surface area contributed by atoms with Crippen LogP contribution in [0.25, 0.3) is 0 Å². The summed E-state index contributed by atoms with van der Waals surface area (Å²) >= 11 is 17.3. The number of nitrogens with zero attached hydrogens (tertiary/aromatic N) is 1. The third kappa shape index (κ3) is 4.97. The minimum atomic E-state index is -2.05. The van der Waals surface area contributed by atoms with Crippen LogP contribution in [0.15, 0.2) is 5.38 Å². The molecule has 0 aliphatic rings. The molecule has 1 aromatic heterocycles. The van der Waals surface area contributed by atoms with E-state index in [1.807, 2.05) is 0 Å². The van der Waals surface area contributed by atoms with Gasteiger partial charge in [0.25, 0.3) is 9.70 Å². The number of thiazole rings is 1. The van der Waals surface area contributed by atoms with Gasteiger partial charge in [-0.25, -0.2) is 4.98 Å². The predicted molar refractivity (Wildman–Crippen MR) is 71.4 cm³/mol. The molecule has 1 amide bonds. The number of ether oxygens (including phenoxy) is 1. The second-order valence-electron chi connectivity index (χ2n) is 3.08. The van der Waals surface area contributed by atoms with Crippen molar-refractivity contribution in [3.63, 3.8) is 0 Å². The molecule has 100 valence electrons. The smallest absolute Gasteiger partial charge is 0.311 e. The van der Waals surface area contributed by atoms with E-state index in [4.69, 9.17) is 39.5 Å². The van der Waals surface area contributed by atoms with Crippen molar-refractivity contribution in [2.45, 2.75) is 17.1 Å². The highest BCUT2D eigenvalue weighted by Gasteiger charge is 2.31. The summed E-state index contributed by atoms with van der Waals surface area (Å²) < 4.78 is 2.72. The van der Waals surface area contributed by atoms with Gasteiger partial charge in [0, 0.05) is 5.38 Å². The highest BCUT2D eigenvalue weighted by molar-refractivity contribution is 7.14. The van der Waals surface area contributed by atoms with E-state index in [-0.39, 0.29) is 17.5 Å². The molecular formula is C9H9Cl3N2O3S. The van der Waals surface area contributed by atoms with Crippen LogP contribution in [0.4, 0.5) is 5.13 Å². The fourth-order valence-electron chi connectivity index (χ4n) is 0.973. The number of esters is 1. The Kier molecular flexibility index (Phi) is 5.65. The number of hydrogen-bond donors (Lipinski definition) is 1. The molecule has 0 unspecified atom stereocenters. The number of anilines is 1. The Bertz CT molecular complexity index is 445. The van der Waals surface area contributed by atoms with E-state index in [9.17, 15) is 9.59 Å². The lowest BCUT2D eigenvalue weighted by Crippen LogP contribution is -2.26. The van der Waals surface area contributed by atoms with Crippen LogP contribution < -0.4 is 5.32 Å². The third-order valence-corrected chi connectivity index (χ3v) is 2.98. The lowest BCUT2D eigenvalue weighted by Gasteiger charge is -2.08. The number of alkyl halides is 3. The SMILES string of the molecule is CCOC(=O)Cc1csc(NC(=O)C(Cl)(Cl)Cl)n1. The van der Waals surface area contributed by atoms with E-state index in [0.717, 1.165) is 11.3 Å². The summed E-state index contributed by atoms with van der Waals surface area (Å²) in [7, 11) is 0. The Labute approximate surface area is 122 Å². The van der Waals surface area contributed by atoms with Gasteiger partial charge >= 0.3 is 5.97 Å². The summed E-state index contributed by atoms with van der Waals surface area (Å²) in [5.74, 6) is -1.19. The fourth-order valence-corrected chi connectivity index (χ4v) is 1.82. The minimum absolute atomic E-state index is 0.0357. The van der Waals surface area contributed by atoms with Gasteiger partial charge in [-0.15, -0.1) is 11.3 Å². The number of amides is 1. The summed E-state index contributed by atoms with van der Waals surface area (Å²) in [4.78, 5) is 26.5. The molecule has 9 heteroatoms. The van der Waals surface area contributed by atoms with Crippen molar-refractivity contribution in [1.82, 2.24) is 4.98 Å². The highest BCUT2D eigenvalue weighted by Crippen LogP contribution is 2.28. The van der Waals surface area contributed by atoms with E-state index in [0.29, 0.717) is 12.3 Å². The normalized spacial score (nSPS) is 11.1. The van der Waals surface area contributed by atoms with Crippen molar-refractivity contribution >= 4 is 63.1 Å². The topological polar surface area (TPSA) is 68.3 Å². The van der Waals surface area contributed by atoms with Gasteiger partial charge in [0.15, 0.2) is 5.13 Å². The number of halogens is 3. The maximum Gasteiger partial charge on any atom is 0.311 e. The van der Waals surface area contributed by atoms with Gasteiger partial charge in [-0.1, -0.05) is 34.8 Å². The van der Waals surface area contributed by atoms with Crippen molar-refractivity contribution in [2.24, 2.45) is 0 Å². The average Bonchev–Trinajstić information content (AvgIpc) is 2.64. The van der Waals surface area contributed by atoms with Crippen molar-refractivity contribution in [3.8, 4) is 0 Å². The molecule has 0 aromatic carbocycles. The predicted octanol–water partition coefficient (Wildman–Crippen LogP) is 2.56. The molecule has 0 fully saturated rings. The van der Waals surface area contributed by atoms with Crippen molar-refractivity contribution in [3.05, 3.63) is 11.1 Å². The molecule has 0 saturated carbocycles. The van der Waals surface area contributed by atoms with Crippen molar-refractivity contribution < 1.29 is 14.3 Å².